The normalized spacial score (nSPS) is 11.3. The summed E-state index contributed by atoms with van der Waals surface area (Å²) in [4.78, 5) is 18.1. The average molecular weight is 629 g/mol. The van der Waals surface area contributed by atoms with Crippen molar-refractivity contribution in [3.05, 3.63) is 52.5 Å². The third-order valence-electron chi connectivity index (χ3n) is 6.32. The molecule has 0 radical (unpaired) electrons. The first kappa shape index (κ1) is 29.7. The van der Waals surface area contributed by atoms with Crippen LogP contribution in [0.3, 0.4) is 0 Å². The third-order valence-corrected chi connectivity index (χ3v) is 7.41. The SMILES string of the molecule is COc1cc(-c2c(C#N)c(N)nc3sc(C(=O)c4c([O-])on[n+]4-c4ccc(OC(F)(F)F)cc4)c(N)c23)cc(OC)c1OC. The lowest BCUT2D eigenvalue weighted by molar-refractivity contribution is -0.672. The largest absolute Gasteiger partial charge is 0.573 e. The van der Waals surface area contributed by atoms with E-state index in [0.717, 1.165) is 40.3 Å². The van der Waals surface area contributed by atoms with Gasteiger partial charge in [-0.25, -0.2) is 4.98 Å². The molecule has 3 aromatic heterocycles. The zero-order valence-corrected chi connectivity index (χ0v) is 23.6. The highest BCUT2D eigenvalue weighted by Crippen LogP contribution is 2.47. The predicted octanol–water partition coefficient (Wildman–Crippen LogP) is 3.49. The van der Waals surface area contributed by atoms with Gasteiger partial charge >= 0.3 is 12.1 Å². The predicted molar refractivity (Wildman–Crippen MR) is 146 cm³/mol. The monoisotopic (exact) mass is 628 g/mol. The summed E-state index contributed by atoms with van der Waals surface area (Å²) in [5, 5.41) is 26.4. The van der Waals surface area contributed by atoms with Crippen LogP contribution in [0.25, 0.3) is 27.0 Å². The number of carbonyl (C=O) groups is 1. The Labute approximate surface area is 249 Å². The first-order valence-corrected chi connectivity index (χ1v) is 13.0. The van der Waals surface area contributed by atoms with E-state index in [1.54, 1.807) is 12.1 Å². The Balaban J connectivity index is 1.68. The highest BCUT2D eigenvalue weighted by molar-refractivity contribution is 7.21. The van der Waals surface area contributed by atoms with Crippen molar-refractivity contribution < 1.29 is 51.2 Å². The molecule has 226 valence electrons. The molecular formula is C27H19F3N6O7S. The number of hydrogen-bond acceptors (Lipinski definition) is 13. The van der Waals surface area contributed by atoms with E-state index in [0.29, 0.717) is 5.56 Å². The van der Waals surface area contributed by atoms with Crippen LogP contribution in [0.5, 0.6) is 28.9 Å². The van der Waals surface area contributed by atoms with Crippen molar-refractivity contribution >= 4 is 38.8 Å². The second-order valence-electron chi connectivity index (χ2n) is 8.79. The maximum absolute atomic E-state index is 13.8. The van der Waals surface area contributed by atoms with Crippen molar-refractivity contribution in [2.75, 3.05) is 32.8 Å². The van der Waals surface area contributed by atoms with Gasteiger partial charge < -0.3 is 40.0 Å². The Morgan fingerprint density at radius 1 is 1.09 bits per heavy atom. The number of hydrogen-bond donors (Lipinski definition) is 2. The van der Waals surface area contributed by atoms with Crippen molar-refractivity contribution in [1.29, 1.82) is 5.26 Å². The van der Waals surface area contributed by atoms with Crippen LogP contribution in [0, 0.1) is 11.3 Å². The van der Waals surface area contributed by atoms with Crippen LogP contribution in [0.4, 0.5) is 24.7 Å². The molecule has 0 amide bonds. The number of thiophene rings is 1. The van der Waals surface area contributed by atoms with Crippen LogP contribution >= 0.6 is 11.3 Å². The molecule has 0 atom stereocenters. The molecule has 5 aromatic rings. The number of nitrogens with two attached hydrogens (primary N) is 2. The topological polar surface area (TPSA) is 196 Å². The molecule has 17 heteroatoms. The summed E-state index contributed by atoms with van der Waals surface area (Å²) in [5.74, 6) is -1.97. The summed E-state index contributed by atoms with van der Waals surface area (Å²) in [6.45, 7) is 0. The number of carbonyl (C=O) groups excluding carboxylic acids is 1. The Kier molecular flexibility index (Phi) is 7.53. The van der Waals surface area contributed by atoms with Crippen molar-refractivity contribution in [1.82, 2.24) is 10.3 Å². The number of nitrogens with zero attached hydrogens (tertiary/aromatic N) is 4. The van der Waals surface area contributed by atoms with Gasteiger partial charge in [0, 0.05) is 23.1 Å². The number of nitriles is 1. The lowest BCUT2D eigenvalue weighted by Crippen LogP contribution is -2.39. The number of ether oxygens (including phenoxy) is 4. The number of pyridine rings is 1. The molecule has 44 heavy (non-hydrogen) atoms. The summed E-state index contributed by atoms with van der Waals surface area (Å²) >= 11 is 0.792. The highest BCUT2D eigenvalue weighted by Gasteiger charge is 2.35. The number of halogens is 3. The molecule has 13 nitrogen and oxygen atoms in total. The molecule has 5 rings (SSSR count). The number of rotatable bonds is 8. The van der Waals surface area contributed by atoms with Crippen LogP contribution < -0.4 is 40.2 Å². The van der Waals surface area contributed by atoms with Crippen molar-refractivity contribution in [3.8, 4) is 51.8 Å². The number of anilines is 2. The molecule has 4 N–H and O–H groups in total. The molecule has 2 aromatic carbocycles. The first-order valence-electron chi connectivity index (χ1n) is 12.1. The van der Waals surface area contributed by atoms with E-state index in [1.807, 2.05) is 6.07 Å². The Bertz CT molecular complexity index is 1940. The number of aromatic nitrogens is 3. The minimum Gasteiger partial charge on any atom is -0.539 e. The Morgan fingerprint density at radius 3 is 2.27 bits per heavy atom. The van der Waals surface area contributed by atoms with Gasteiger partial charge in [-0.05, 0) is 34.5 Å². The fraction of sp³-hybridized carbons (Fsp3) is 0.148. The molecule has 0 fully saturated rings. The van der Waals surface area contributed by atoms with Crippen LogP contribution in [0.15, 0.2) is 40.9 Å². The van der Waals surface area contributed by atoms with Crippen molar-refractivity contribution in [2.24, 2.45) is 0 Å². The van der Waals surface area contributed by atoms with Gasteiger partial charge in [-0.1, -0.05) is 0 Å². The van der Waals surface area contributed by atoms with Gasteiger partial charge in [0.1, 0.15) is 32.9 Å². The van der Waals surface area contributed by atoms with Crippen LogP contribution in [0.2, 0.25) is 0 Å². The van der Waals surface area contributed by atoms with Crippen LogP contribution in [-0.4, -0.2) is 43.7 Å². The molecular weight excluding hydrogens is 609 g/mol. The van der Waals surface area contributed by atoms with Crippen molar-refractivity contribution in [3.63, 3.8) is 0 Å². The van der Waals surface area contributed by atoms with Gasteiger partial charge in [0.2, 0.25) is 11.4 Å². The summed E-state index contributed by atoms with van der Waals surface area (Å²) in [5.41, 5.74) is 12.4. The molecule has 0 aliphatic heterocycles. The summed E-state index contributed by atoms with van der Waals surface area (Å²) in [7, 11) is 4.23. The number of fused-ring (bicyclic) bond motifs is 1. The van der Waals surface area contributed by atoms with E-state index in [2.05, 4.69) is 15.0 Å². The van der Waals surface area contributed by atoms with E-state index in [4.69, 9.17) is 30.2 Å². The zero-order valence-electron chi connectivity index (χ0n) is 22.8. The number of alkyl halides is 3. The standard InChI is InChI=1S/C27H19F3N6O7S/c1-39-15-8-11(9-16(40-2)22(15)41-3)17-14(10-31)24(33)34-25-18(17)19(32)23(44-25)21(37)20-26(38)43-35-36(20)12-4-6-13(7-5-12)42-27(28,29)30/h4-9H,1-3H3,(H4-,32,33,34,35,37,38). The van der Waals surface area contributed by atoms with Gasteiger partial charge in [0.15, 0.2) is 17.4 Å². The molecule has 0 saturated heterocycles. The molecule has 0 spiro atoms. The molecule has 0 bridgehead atoms. The van der Waals surface area contributed by atoms with Gasteiger partial charge in [-0.2, -0.15) is 5.26 Å². The minimum absolute atomic E-state index is 0.0145. The number of nitrogen functional groups attached to an aromatic ring is 2. The van der Waals surface area contributed by atoms with E-state index >= 15 is 0 Å². The summed E-state index contributed by atoms with van der Waals surface area (Å²) < 4.78 is 63.4. The maximum atomic E-state index is 13.8. The molecule has 0 unspecified atom stereocenters. The summed E-state index contributed by atoms with van der Waals surface area (Å²) in [6, 6.07) is 9.35. The van der Waals surface area contributed by atoms with Gasteiger partial charge in [0.05, 0.1) is 32.3 Å². The van der Waals surface area contributed by atoms with Crippen molar-refractivity contribution in [2.45, 2.75) is 6.36 Å². The van der Waals surface area contributed by atoms with Crippen LogP contribution in [0.1, 0.15) is 20.9 Å². The van der Waals surface area contributed by atoms with Gasteiger partial charge in [-0.3, -0.25) is 4.79 Å². The Hall–Kier alpha value is -5.76. The van der Waals surface area contributed by atoms with E-state index in [9.17, 15) is 28.3 Å². The zero-order chi connectivity index (χ0) is 31.9. The maximum Gasteiger partial charge on any atom is 0.573 e. The fourth-order valence-corrected chi connectivity index (χ4v) is 5.53. The smallest absolute Gasteiger partial charge is 0.539 e. The fourth-order valence-electron chi connectivity index (χ4n) is 4.48. The van der Waals surface area contributed by atoms with Crippen LogP contribution in [-0.2, 0) is 0 Å². The third kappa shape index (κ3) is 5.07. The number of benzene rings is 2. The van der Waals surface area contributed by atoms with E-state index < -0.39 is 29.5 Å². The molecule has 0 saturated carbocycles. The molecule has 0 aliphatic carbocycles. The first-order chi connectivity index (χ1) is 20.9. The highest BCUT2D eigenvalue weighted by atomic mass is 32.1. The minimum atomic E-state index is -4.92. The number of ketones is 1. The second-order valence-corrected chi connectivity index (χ2v) is 9.79. The second kappa shape index (κ2) is 11.1. The van der Waals surface area contributed by atoms with E-state index in [1.165, 1.54) is 21.3 Å². The molecule has 3 heterocycles. The van der Waals surface area contributed by atoms with E-state index in [-0.39, 0.29) is 60.7 Å². The molecule has 0 aliphatic rings. The lowest BCUT2D eigenvalue weighted by atomic mass is 9.96. The Morgan fingerprint density at radius 2 is 1.73 bits per heavy atom. The van der Waals surface area contributed by atoms with Gasteiger partial charge in [0.25, 0.3) is 5.78 Å². The number of methoxy groups -OCH3 is 3. The lowest BCUT2D eigenvalue weighted by Gasteiger charge is -2.16. The quantitative estimate of drug-likeness (QED) is 0.188. The summed E-state index contributed by atoms with van der Waals surface area (Å²) in [6.07, 6.45) is -4.92. The average Bonchev–Trinajstić information content (AvgIpc) is 3.53. The van der Waals surface area contributed by atoms with Gasteiger partial charge in [-0.15, -0.1) is 24.5 Å².